The molecule has 0 fully saturated rings. The van der Waals surface area contributed by atoms with Crippen molar-refractivity contribution in [2.24, 2.45) is 0 Å². The lowest BCUT2D eigenvalue weighted by Gasteiger charge is -2.11. The summed E-state index contributed by atoms with van der Waals surface area (Å²) in [5.74, 6) is 0. The molecule has 0 atom stereocenters. The number of hydrogen-bond acceptors (Lipinski definition) is 0. The van der Waals surface area contributed by atoms with Crippen molar-refractivity contribution in [3.63, 3.8) is 0 Å². The summed E-state index contributed by atoms with van der Waals surface area (Å²) in [7, 11) is -1.28. The van der Waals surface area contributed by atoms with Gasteiger partial charge in [0, 0.05) is 5.50 Å². The van der Waals surface area contributed by atoms with E-state index in [1.165, 1.54) is 5.56 Å². The number of halogens is 1. The van der Waals surface area contributed by atoms with Crippen LogP contribution in [0.3, 0.4) is 0 Å². The first-order valence-corrected chi connectivity index (χ1v) is 8.26. The molecule has 70 valence electrons. The predicted octanol–water partition coefficient (Wildman–Crippen LogP) is 3.73. The summed E-state index contributed by atoms with van der Waals surface area (Å²) in [4.78, 5) is 0. The number of hydrogen-bond donors (Lipinski definition) is 0. The van der Waals surface area contributed by atoms with Gasteiger partial charge in [0.15, 0.2) is 0 Å². The van der Waals surface area contributed by atoms with Gasteiger partial charge >= 0.3 is 0 Å². The first kappa shape index (κ1) is 10.5. The van der Waals surface area contributed by atoms with Crippen molar-refractivity contribution < 1.29 is 0 Å². The summed E-state index contributed by atoms with van der Waals surface area (Å²) in [5, 5.41) is 0. The fraction of sp³-hybridized carbons (Fsp3) is 0.273. The van der Waals surface area contributed by atoms with E-state index in [-0.39, 0.29) is 0 Å². The molecule has 0 saturated carbocycles. The average Bonchev–Trinajstić information content (AvgIpc) is 2.17. The van der Waals surface area contributed by atoms with Gasteiger partial charge in [-0.1, -0.05) is 55.2 Å². The Kier molecular flexibility index (Phi) is 3.76. The minimum atomic E-state index is -1.28. The van der Waals surface area contributed by atoms with Crippen LogP contribution in [0.4, 0.5) is 0 Å². The largest absolute Gasteiger partial charge is 0.130 e. The summed E-state index contributed by atoms with van der Waals surface area (Å²) in [6.45, 7) is 4.53. The van der Waals surface area contributed by atoms with Crippen LogP contribution in [-0.2, 0) is 0 Å². The average molecular weight is 211 g/mol. The van der Waals surface area contributed by atoms with Crippen molar-refractivity contribution in [3.05, 3.63) is 41.6 Å². The molecular formula is C11H15ClSi. The third kappa shape index (κ3) is 3.79. The zero-order chi connectivity index (χ0) is 9.73. The van der Waals surface area contributed by atoms with Crippen LogP contribution in [0, 0.1) is 0 Å². The predicted molar refractivity (Wildman–Crippen MR) is 63.7 cm³/mol. The first-order valence-electron chi connectivity index (χ1n) is 4.44. The molecule has 0 aromatic heterocycles. The van der Waals surface area contributed by atoms with Crippen molar-refractivity contribution in [3.8, 4) is 0 Å². The minimum Gasteiger partial charge on any atom is -0.130 e. The molecule has 0 spiro atoms. The van der Waals surface area contributed by atoms with E-state index in [2.05, 4.69) is 49.1 Å². The van der Waals surface area contributed by atoms with Crippen molar-refractivity contribution in [1.29, 1.82) is 0 Å². The van der Waals surface area contributed by atoms with Crippen LogP contribution < -0.4 is 0 Å². The Hall–Kier alpha value is -0.533. The normalized spacial score (nSPS) is 12.2. The Balaban J connectivity index is 2.69. The zero-order valence-electron chi connectivity index (χ0n) is 8.13. The summed E-state index contributed by atoms with van der Waals surface area (Å²) in [6.07, 6.45) is 2.18. The van der Waals surface area contributed by atoms with Crippen LogP contribution in [0.1, 0.15) is 5.56 Å². The van der Waals surface area contributed by atoms with Crippen molar-refractivity contribution in [2.75, 3.05) is 5.50 Å². The van der Waals surface area contributed by atoms with E-state index >= 15 is 0 Å². The minimum absolute atomic E-state index is 0.788. The molecule has 0 amide bonds. The van der Waals surface area contributed by atoms with Gasteiger partial charge in [0.1, 0.15) is 0 Å². The Labute approximate surface area is 86.3 Å². The molecule has 0 bridgehead atoms. The Morgan fingerprint density at radius 1 is 1.23 bits per heavy atom. The van der Waals surface area contributed by atoms with Gasteiger partial charge < -0.3 is 0 Å². The monoisotopic (exact) mass is 210 g/mol. The Morgan fingerprint density at radius 2 is 1.85 bits per heavy atom. The molecular weight excluding hydrogens is 196 g/mol. The zero-order valence-corrected chi connectivity index (χ0v) is 9.88. The third-order valence-electron chi connectivity index (χ3n) is 1.87. The maximum atomic E-state index is 5.87. The van der Waals surface area contributed by atoms with Crippen molar-refractivity contribution >= 4 is 25.8 Å². The number of rotatable bonds is 3. The highest BCUT2D eigenvalue weighted by Gasteiger charge is 2.13. The van der Waals surface area contributed by atoms with Gasteiger partial charge in [-0.3, -0.25) is 0 Å². The number of alkyl halides is 1. The van der Waals surface area contributed by atoms with E-state index < -0.39 is 8.07 Å². The molecule has 2 heteroatoms. The third-order valence-corrected chi connectivity index (χ3v) is 5.70. The molecule has 1 rings (SSSR count). The topological polar surface area (TPSA) is 0 Å². The summed E-state index contributed by atoms with van der Waals surface area (Å²) < 4.78 is 0. The first-order chi connectivity index (χ1) is 6.14. The fourth-order valence-corrected chi connectivity index (χ4v) is 1.93. The molecule has 0 aliphatic carbocycles. The molecule has 0 unspecified atom stereocenters. The molecule has 0 aliphatic heterocycles. The van der Waals surface area contributed by atoms with Gasteiger partial charge in [-0.05, 0) is 5.56 Å². The van der Waals surface area contributed by atoms with E-state index in [1.807, 2.05) is 6.07 Å². The molecule has 0 aliphatic rings. The van der Waals surface area contributed by atoms with Gasteiger partial charge in [-0.2, -0.15) is 0 Å². The van der Waals surface area contributed by atoms with Crippen LogP contribution in [0.2, 0.25) is 13.1 Å². The summed E-state index contributed by atoms with van der Waals surface area (Å²) in [6, 6.07) is 10.3. The Morgan fingerprint density at radius 3 is 2.38 bits per heavy atom. The van der Waals surface area contributed by atoms with Gasteiger partial charge in [0.05, 0.1) is 8.07 Å². The molecule has 1 aromatic carbocycles. The van der Waals surface area contributed by atoms with E-state index in [0.717, 1.165) is 5.50 Å². The van der Waals surface area contributed by atoms with Gasteiger partial charge in [0.25, 0.3) is 0 Å². The molecule has 0 heterocycles. The summed E-state index contributed by atoms with van der Waals surface area (Å²) in [5.41, 5.74) is 4.33. The second-order valence-corrected chi connectivity index (χ2v) is 9.25. The highest BCUT2D eigenvalue weighted by molar-refractivity contribution is 6.87. The second-order valence-electron chi connectivity index (χ2n) is 3.87. The molecule has 0 N–H and O–H groups in total. The van der Waals surface area contributed by atoms with E-state index in [9.17, 15) is 0 Å². The standard InChI is InChI=1S/C11H15ClSi/c1-13(2,10-12)9-8-11-6-4-3-5-7-11/h3-9H,10H2,1-2H3/b9-8-. The highest BCUT2D eigenvalue weighted by atomic mass is 35.5. The maximum absolute atomic E-state index is 5.87. The van der Waals surface area contributed by atoms with Gasteiger partial charge in [0.2, 0.25) is 0 Å². The van der Waals surface area contributed by atoms with Crippen molar-refractivity contribution in [1.82, 2.24) is 0 Å². The Bertz CT molecular complexity index is 277. The smallest absolute Gasteiger partial charge is 0.0872 e. The van der Waals surface area contributed by atoms with E-state index in [1.54, 1.807) is 0 Å². The second kappa shape index (κ2) is 4.63. The van der Waals surface area contributed by atoms with Gasteiger partial charge in [-0.25, -0.2) is 0 Å². The lowest BCUT2D eigenvalue weighted by Crippen LogP contribution is -2.25. The van der Waals surface area contributed by atoms with Crippen LogP contribution in [0.15, 0.2) is 36.0 Å². The molecule has 1 aromatic rings. The van der Waals surface area contributed by atoms with Crippen LogP contribution in [0.5, 0.6) is 0 Å². The molecule has 0 radical (unpaired) electrons. The molecule has 0 nitrogen and oxygen atoms in total. The lowest BCUT2D eigenvalue weighted by molar-refractivity contribution is 1.65. The van der Waals surface area contributed by atoms with Crippen molar-refractivity contribution in [2.45, 2.75) is 13.1 Å². The lowest BCUT2D eigenvalue weighted by atomic mass is 10.2. The fourth-order valence-electron chi connectivity index (χ4n) is 0.931. The van der Waals surface area contributed by atoms with Crippen LogP contribution >= 0.6 is 11.6 Å². The van der Waals surface area contributed by atoms with Crippen LogP contribution in [0.25, 0.3) is 6.08 Å². The molecule has 0 saturated heterocycles. The highest BCUT2D eigenvalue weighted by Crippen LogP contribution is 2.09. The van der Waals surface area contributed by atoms with E-state index in [0.29, 0.717) is 0 Å². The van der Waals surface area contributed by atoms with Crippen LogP contribution in [-0.4, -0.2) is 13.6 Å². The molecule has 13 heavy (non-hydrogen) atoms. The summed E-state index contributed by atoms with van der Waals surface area (Å²) >= 11 is 5.87. The number of benzene rings is 1. The van der Waals surface area contributed by atoms with E-state index in [4.69, 9.17) is 11.6 Å². The quantitative estimate of drug-likeness (QED) is 0.527. The van der Waals surface area contributed by atoms with Gasteiger partial charge in [-0.15, -0.1) is 11.6 Å². The SMILES string of the molecule is C[Si](C)(/C=C\c1ccccc1)CCl. The maximum Gasteiger partial charge on any atom is 0.0872 e.